The molecule has 3 rings (SSSR count). The molecule has 0 aromatic heterocycles. The molecule has 3 heteroatoms. The lowest BCUT2D eigenvalue weighted by atomic mass is 9.94. The minimum Gasteiger partial charge on any atom is -0.481 e. The zero-order chi connectivity index (χ0) is 9.76. The Balaban J connectivity index is 2.13. The van der Waals surface area contributed by atoms with Crippen molar-refractivity contribution in [3.63, 3.8) is 0 Å². The van der Waals surface area contributed by atoms with Gasteiger partial charge in [-0.3, -0.25) is 4.79 Å². The number of thioether (sulfide) groups is 1. The quantitative estimate of drug-likeness (QED) is 0.767. The van der Waals surface area contributed by atoms with E-state index in [4.69, 9.17) is 0 Å². The molecule has 0 bridgehead atoms. The fourth-order valence-electron chi connectivity index (χ4n) is 2.25. The van der Waals surface area contributed by atoms with Crippen LogP contribution in [0.3, 0.4) is 0 Å². The SMILES string of the molecule is O=C(O)C1c2ccccc2SC12CC2. The van der Waals surface area contributed by atoms with Crippen molar-refractivity contribution in [3.05, 3.63) is 29.8 Å². The number of aliphatic carboxylic acids is 1. The minimum absolute atomic E-state index is 0.00944. The molecule has 2 nitrogen and oxygen atoms in total. The van der Waals surface area contributed by atoms with E-state index in [9.17, 15) is 9.90 Å². The van der Waals surface area contributed by atoms with E-state index in [1.807, 2.05) is 24.3 Å². The van der Waals surface area contributed by atoms with Crippen LogP contribution in [0.15, 0.2) is 29.2 Å². The van der Waals surface area contributed by atoms with Crippen molar-refractivity contribution in [2.24, 2.45) is 0 Å². The Hall–Kier alpha value is -0.960. The van der Waals surface area contributed by atoms with E-state index in [1.54, 1.807) is 11.8 Å². The van der Waals surface area contributed by atoms with Gasteiger partial charge in [0.25, 0.3) is 0 Å². The summed E-state index contributed by atoms with van der Waals surface area (Å²) in [4.78, 5) is 12.4. The van der Waals surface area contributed by atoms with Gasteiger partial charge in [0.15, 0.2) is 0 Å². The number of fused-ring (bicyclic) bond motifs is 1. The van der Waals surface area contributed by atoms with Crippen molar-refractivity contribution < 1.29 is 9.90 Å². The lowest BCUT2D eigenvalue weighted by Gasteiger charge is -2.12. The van der Waals surface area contributed by atoms with E-state index in [0.717, 1.165) is 23.3 Å². The van der Waals surface area contributed by atoms with Crippen molar-refractivity contribution in [3.8, 4) is 0 Å². The van der Waals surface area contributed by atoms with Gasteiger partial charge in [-0.2, -0.15) is 0 Å². The highest BCUT2D eigenvalue weighted by molar-refractivity contribution is 8.01. The average molecular weight is 206 g/mol. The summed E-state index contributed by atoms with van der Waals surface area (Å²) in [5.41, 5.74) is 1.02. The first-order valence-electron chi connectivity index (χ1n) is 4.74. The van der Waals surface area contributed by atoms with Crippen LogP contribution in [-0.4, -0.2) is 15.8 Å². The Bertz CT molecular complexity index is 410. The van der Waals surface area contributed by atoms with Gasteiger partial charge in [0.1, 0.15) is 0 Å². The number of benzene rings is 1. The van der Waals surface area contributed by atoms with E-state index in [0.29, 0.717) is 0 Å². The highest BCUT2D eigenvalue weighted by Crippen LogP contribution is 2.65. The molecule has 1 N–H and O–H groups in total. The third kappa shape index (κ3) is 0.960. The van der Waals surface area contributed by atoms with Gasteiger partial charge in [0.05, 0.1) is 5.92 Å². The highest BCUT2D eigenvalue weighted by Gasteiger charge is 2.58. The first kappa shape index (κ1) is 8.36. The Morgan fingerprint density at radius 3 is 2.79 bits per heavy atom. The summed E-state index contributed by atoms with van der Waals surface area (Å²) < 4.78 is 0.00944. The normalized spacial score (nSPS) is 26.1. The van der Waals surface area contributed by atoms with Crippen LogP contribution in [0, 0.1) is 0 Å². The fourth-order valence-corrected chi connectivity index (χ4v) is 3.79. The Morgan fingerprint density at radius 1 is 1.43 bits per heavy atom. The van der Waals surface area contributed by atoms with Crippen LogP contribution in [0.25, 0.3) is 0 Å². The van der Waals surface area contributed by atoms with Crippen molar-refractivity contribution in [2.45, 2.75) is 28.4 Å². The van der Waals surface area contributed by atoms with Gasteiger partial charge in [-0.1, -0.05) is 18.2 Å². The number of rotatable bonds is 1. The second-order valence-corrected chi connectivity index (χ2v) is 5.43. The summed E-state index contributed by atoms with van der Waals surface area (Å²) in [5.74, 6) is -0.941. The topological polar surface area (TPSA) is 37.3 Å². The van der Waals surface area contributed by atoms with Crippen molar-refractivity contribution >= 4 is 17.7 Å². The maximum absolute atomic E-state index is 11.2. The third-order valence-electron chi connectivity index (χ3n) is 3.06. The second kappa shape index (κ2) is 2.54. The molecule has 0 radical (unpaired) electrons. The molecule has 14 heavy (non-hydrogen) atoms. The second-order valence-electron chi connectivity index (χ2n) is 3.98. The van der Waals surface area contributed by atoms with E-state index < -0.39 is 5.97 Å². The zero-order valence-electron chi connectivity index (χ0n) is 7.56. The summed E-state index contributed by atoms with van der Waals surface area (Å²) >= 11 is 1.76. The first-order chi connectivity index (χ1) is 6.73. The van der Waals surface area contributed by atoms with Crippen LogP contribution < -0.4 is 0 Å². The molecule has 2 aliphatic rings. The van der Waals surface area contributed by atoms with E-state index in [-0.39, 0.29) is 10.7 Å². The standard InChI is InChI=1S/C11H10O2S/c12-10(13)9-7-3-1-2-4-8(7)14-11(9)5-6-11/h1-4,9H,5-6H2,(H,12,13). The Kier molecular flexibility index (Phi) is 1.52. The van der Waals surface area contributed by atoms with Gasteiger partial charge in [0.2, 0.25) is 0 Å². The summed E-state index contributed by atoms with van der Waals surface area (Å²) in [6.45, 7) is 0. The monoisotopic (exact) mass is 206 g/mol. The molecule has 1 atom stereocenters. The number of hydrogen-bond acceptors (Lipinski definition) is 2. The van der Waals surface area contributed by atoms with E-state index >= 15 is 0 Å². The zero-order valence-corrected chi connectivity index (χ0v) is 8.38. The molecule has 1 fully saturated rings. The van der Waals surface area contributed by atoms with Crippen LogP contribution >= 0.6 is 11.8 Å². The predicted molar refractivity (Wildman–Crippen MR) is 54.6 cm³/mol. The molecule has 72 valence electrons. The maximum atomic E-state index is 11.2. The van der Waals surface area contributed by atoms with Gasteiger partial charge < -0.3 is 5.11 Å². The lowest BCUT2D eigenvalue weighted by Crippen LogP contribution is -2.20. The van der Waals surface area contributed by atoms with Crippen LogP contribution in [0.5, 0.6) is 0 Å². The van der Waals surface area contributed by atoms with Crippen molar-refractivity contribution in [2.75, 3.05) is 0 Å². The molecular formula is C11H10O2S. The Morgan fingerprint density at radius 2 is 2.14 bits per heavy atom. The molecule has 0 amide bonds. The molecule has 1 unspecified atom stereocenters. The van der Waals surface area contributed by atoms with Gasteiger partial charge in [0, 0.05) is 9.64 Å². The minimum atomic E-state index is -0.667. The van der Waals surface area contributed by atoms with Crippen molar-refractivity contribution in [1.82, 2.24) is 0 Å². The largest absolute Gasteiger partial charge is 0.481 e. The number of carbonyl (C=O) groups is 1. The summed E-state index contributed by atoms with van der Waals surface area (Å²) in [7, 11) is 0. The summed E-state index contributed by atoms with van der Waals surface area (Å²) in [6, 6.07) is 7.89. The molecule has 1 aliphatic heterocycles. The highest BCUT2D eigenvalue weighted by atomic mass is 32.2. The van der Waals surface area contributed by atoms with Gasteiger partial charge >= 0.3 is 5.97 Å². The van der Waals surface area contributed by atoms with Crippen LogP contribution in [0.1, 0.15) is 24.3 Å². The first-order valence-corrected chi connectivity index (χ1v) is 5.55. The molecular weight excluding hydrogens is 196 g/mol. The molecule has 1 heterocycles. The predicted octanol–water partition coefficient (Wildman–Crippen LogP) is 2.49. The number of hydrogen-bond donors (Lipinski definition) is 1. The average Bonchev–Trinajstić information content (AvgIpc) is 2.81. The van der Waals surface area contributed by atoms with Crippen LogP contribution in [0.2, 0.25) is 0 Å². The molecule has 1 aliphatic carbocycles. The Labute approximate surface area is 86.3 Å². The molecule has 1 spiro atoms. The number of carboxylic acids is 1. The van der Waals surface area contributed by atoms with E-state index in [1.165, 1.54) is 0 Å². The van der Waals surface area contributed by atoms with Gasteiger partial charge in [-0.05, 0) is 24.5 Å². The maximum Gasteiger partial charge on any atom is 0.312 e. The van der Waals surface area contributed by atoms with Crippen molar-refractivity contribution in [1.29, 1.82) is 0 Å². The molecule has 0 saturated heterocycles. The smallest absolute Gasteiger partial charge is 0.312 e. The summed E-state index contributed by atoms with van der Waals surface area (Å²) in [5, 5.41) is 9.22. The van der Waals surface area contributed by atoms with Gasteiger partial charge in [-0.25, -0.2) is 0 Å². The summed E-state index contributed by atoms with van der Waals surface area (Å²) in [6.07, 6.45) is 2.09. The van der Waals surface area contributed by atoms with Crippen LogP contribution in [-0.2, 0) is 4.79 Å². The fraction of sp³-hybridized carbons (Fsp3) is 0.364. The molecule has 1 aromatic rings. The molecule has 1 aromatic carbocycles. The number of carboxylic acid groups (broad SMARTS) is 1. The third-order valence-corrected chi connectivity index (χ3v) is 4.70. The molecule has 1 saturated carbocycles. The van der Waals surface area contributed by atoms with E-state index in [2.05, 4.69) is 0 Å². The van der Waals surface area contributed by atoms with Gasteiger partial charge in [-0.15, -0.1) is 11.8 Å². The lowest BCUT2D eigenvalue weighted by molar-refractivity contribution is -0.138. The van der Waals surface area contributed by atoms with Crippen LogP contribution in [0.4, 0.5) is 0 Å².